The second-order valence-corrected chi connectivity index (χ2v) is 9.11. The third-order valence-electron chi connectivity index (χ3n) is 7.11. The average molecular weight is 475 g/mol. The Bertz CT molecular complexity index is 1470. The quantitative estimate of drug-likeness (QED) is 0.224. The predicted molar refractivity (Wildman–Crippen MR) is 148 cm³/mol. The van der Waals surface area contributed by atoms with E-state index in [0.717, 1.165) is 33.4 Å². The van der Waals surface area contributed by atoms with E-state index in [2.05, 4.69) is 48.5 Å². The number of hydrogen-bond acceptors (Lipinski definition) is 2. The molecule has 0 bridgehead atoms. The lowest BCUT2D eigenvalue weighted by Gasteiger charge is -2.40. The molecular weight excluding hydrogens is 448 g/mol. The molecule has 0 heterocycles. The van der Waals surface area contributed by atoms with E-state index in [0.29, 0.717) is 0 Å². The maximum absolute atomic E-state index is 10.7. The summed E-state index contributed by atoms with van der Waals surface area (Å²) < 4.78 is 0. The normalized spacial score (nSPS) is 12.6. The molecule has 2 nitrogen and oxygen atoms in total. The Morgan fingerprint density at radius 2 is 0.784 bits per heavy atom. The summed E-state index contributed by atoms with van der Waals surface area (Å²) in [6.45, 7) is 0. The number of nitrogens with zero attached hydrogens (tertiary/aromatic N) is 2. The van der Waals surface area contributed by atoms with Gasteiger partial charge in [-0.15, -0.1) is 0 Å². The van der Waals surface area contributed by atoms with Crippen LogP contribution in [0.4, 0.5) is 0 Å². The molecule has 0 aliphatic rings. The Hall–Kier alpha value is -4.92. The molecule has 0 aliphatic heterocycles. The Kier molecular flexibility index (Phi) is 6.93. The molecule has 0 aromatic heterocycles. The predicted octanol–water partition coefficient (Wildman–Crippen LogP) is 7.98. The third-order valence-corrected chi connectivity index (χ3v) is 7.11. The lowest BCUT2D eigenvalue weighted by molar-refractivity contribution is 0.558. The van der Waals surface area contributed by atoms with Crippen LogP contribution < -0.4 is 0 Å². The standard InChI is InChI=1S/C35H26N2/c36-25-33(27-13-5-1-6-14-27)28-21-23-32(24-22-28)35(30-17-9-3-10-18-30,31-19-11-4-12-20-31)34(26-37)29-15-7-2-8-16-29/h1-24,33-34H/t33-,34-/m0/s1. The third kappa shape index (κ3) is 4.42. The Morgan fingerprint density at radius 1 is 0.405 bits per heavy atom. The fourth-order valence-electron chi connectivity index (χ4n) is 5.39. The molecule has 0 radical (unpaired) electrons. The number of benzene rings is 5. The molecule has 2 heteroatoms. The van der Waals surface area contributed by atoms with Gasteiger partial charge in [0.25, 0.3) is 0 Å². The summed E-state index contributed by atoms with van der Waals surface area (Å²) >= 11 is 0. The van der Waals surface area contributed by atoms with Crippen molar-refractivity contribution in [1.29, 1.82) is 10.5 Å². The minimum Gasteiger partial charge on any atom is -0.198 e. The molecule has 2 atom stereocenters. The first-order chi connectivity index (χ1) is 18.3. The molecule has 176 valence electrons. The number of rotatable bonds is 7. The zero-order valence-corrected chi connectivity index (χ0v) is 20.4. The summed E-state index contributed by atoms with van der Waals surface area (Å²) in [6, 6.07) is 53.8. The van der Waals surface area contributed by atoms with Crippen LogP contribution in [0.2, 0.25) is 0 Å². The Morgan fingerprint density at radius 3 is 1.22 bits per heavy atom. The van der Waals surface area contributed by atoms with Crippen molar-refractivity contribution in [2.75, 3.05) is 0 Å². The summed E-state index contributed by atoms with van der Waals surface area (Å²) in [6.07, 6.45) is 0. The first-order valence-corrected chi connectivity index (χ1v) is 12.4. The van der Waals surface area contributed by atoms with Crippen LogP contribution in [-0.2, 0) is 5.41 Å². The zero-order valence-electron chi connectivity index (χ0n) is 20.4. The van der Waals surface area contributed by atoms with Gasteiger partial charge in [0.05, 0.1) is 29.4 Å². The van der Waals surface area contributed by atoms with Crippen LogP contribution in [0.15, 0.2) is 146 Å². The van der Waals surface area contributed by atoms with E-state index in [1.807, 2.05) is 109 Å². The molecule has 37 heavy (non-hydrogen) atoms. The van der Waals surface area contributed by atoms with Crippen molar-refractivity contribution in [2.45, 2.75) is 17.3 Å². The van der Waals surface area contributed by atoms with E-state index in [1.165, 1.54) is 0 Å². The van der Waals surface area contributed by atoms with Crippen LogP contribution >= 0.6 is 0 Å². The highest BCUT2D eigenvalue weighted by Crippen LogP contribution is 2.49. The van der Waals surface area contributed by atoms with Gasteiger partial charge in [0.15, 0.2) is 0 Å². The highest BCUT2D eigenvalue weighted by Gasteiger charge is 2.45. The van der Waals surface area contributed by atoms with Gasteiger partial charge in [-0.1, -0.05) is 146 Å². The minimum absolute atomic E-state index is 0.362. The molecule has 0 fully saturated rings. The molecule has 5 rings (SSSR count). The molecule has 5 aromatic rings. The fraction of sp³-hybridized carbons (Fsp3) is 0.0857. The number of nitriles is 2. The van der Waals surface area contributed by atoms with Crippen LogP contribution in [0.5, 0.6) is 0 Å². The SMILES string of the molecule is N#C[C@@H](c1ccccc1)c1ccc(C(c2ccccc2)(c2ccccc2)[C@@H](C#N)c2ccccc2)cc1. The van der Waals surface area contributed by atoms with Gasteiger partial charge in [0.2, 0.25) is 0 Å². The van der Waals surface area contributed by atoms with Crippen LogP contribution in [-0.4, -0.2) is 0 Å². The molecule has 0 unspecified atom stereocenters. The van der Waals surface area contributed by atoms with Crippen molar-refractivity contribution in [3.8, 4) is 12.1 Å². The first kappa shape index (κ1) is 23.8. The van der Waals surface area contributed by atoms with Crippen molar-refractivity contribution in [3.63, 3.8) is 0 Å². The van der Waals surface area contributed by atoms with Gasteiger partial charge in [-0.2, -0.15) is 10.5 Å². The van der Waals surface area contributed by atoms with Gasteiger partial charge in [-0.3, -0.25) is 0 Å². The monoisotopic (exact) mass is 474 g/mol. The summed E-state index contributed by atoms with van der Waals surface area (Å²) in [5.41, 5.74) is 5.20. The second kappa shape index (κ2) is 10.8. The molecule has 0 saturated carbocycles. The first-order valence-electron chi connectivity index (χ1n) is 12.4. The molecule has 0 amide bonds. The largest absolute Gasteiger partial charge is 0.198 e. The van der Waals surface area contributed by atoms with Crippen LogP contribution in [0.25, 0.3) is 0 Å². The second-order valence-electron chi connectivity index (χ2n) is 9.11. The van der Waals surface area contributed by atoms with Crippen molar-refractivity contribution >= 4 is 0 Å². The van der Waals surface area contributed by atoms with Gasteiger partial charge < -0.3 is 0 Å². The van der Waals surface area contributed by atoms with Crippen molar-refractivity contribution in [2.24, 2.45) is 0 Å². The van der Waals surface area contributed by atoms with E-state index < -0.39 is 11.3 Å². The maximum Gasteiger partial charge on any atom is 0.0962 e. The van der Waals surface area contributed by atoms with Crippen molar-refractivity contribution < 1.29 is 0 Å². The van der Waals surface area contributed by atoms with Gasteiger partial charge in [0.1, 0.15) is 0 Å². The van der Waals surface area contributed by atoms with Gasteiger partial charge in [-0.05, 0) is 33.4 Å². The van der Waals surface area contributed by atoms with Crippen molar-refractivity contribution in [1.82, 2.24) is 0 Å². The van der Waals surface area contributed by atoms with Gasteiger partial charge in [0, 0.05) is 0 Å². The van der Waals surface area contributed by atoms with E-state index in [-0.39, 0.29) is 5.92 Å². The molecule has 0 N–H and O–H groups in total. The van der Waals surface area contributed by atoms with Crippen LogP contribution in [0.1, 0.15) is 45.2 Å². The highest BCUT2D eigenvalue weighted by atomic mass is 14.5. The van der Waals surface area contributed by atoms with Crippen molar-refractivity contribution in [3.05, 3.63) is 179 Å². The smallest absolute Gasteiger partial charge is 0.0962 e. The Balaban J connectivity index is 1.76. The molecule has 0 saturated heterocycles. The lowest BCUT2D eigenvalue weighted by atomic mass is 9.60. The van der Waals surface area contributed by atoms with Crippen LogP contribution in [0, 0.1) is 22.7 Å². The molecule has 5 aromatic carbocycles. The van der Waals surface area contributed by atoms with Gasteiger partial charge >= 0.3 is 0 Å². The molecular formula is C35H26N2. The summed E-state index contributed by atoms with van der Waals surface area (Å²) in [4.78, 5) is 0. The highest BCUT2D eigenvalue weighted by molar-refractivity contribution is 5.57. The summed E-state index contributed by atoms with van der Waals surface area (Å²) in [7, 11) is 0. The summed E-state index contributed by atoms with van der Waals surface area (Å²) in [5, 5.41) is 20.7. The topological polar surface area (TPSA) is 47.6 Å². The lowest BCUT2D eigenvalue weighted by Crippen LogP contribution is -2.36. The van der Waals surface area contributed by atoms with E-state index >= 15 is 0 Å². The zero-order chi connectivity index (χ0) is 25.5. The maximum atomic E-state index is 10.7. The fourth-order valence-corrected chi connectivity index (χ4v) is 5.39. The Labute approximate surface area is 218 Å². The number of hydrogen-bond donors (Lipinski definition) is 0. The minimum atomic E-state index is -0.758. The van der Waals surface area contributed by atoms with Crippen LogP contribution in [0.3, 0.4) is 0 Å². The summed E-state index contributed by atoms with van der Waals surface area (Å²) in [5.74, 6) is -0.843. The molecule has 0 spiro atoms. The van der Waals surface area contributed by atoms with Gasteiger partial charge in [-0.25, -0.2) is 0 Å². The average Bonchev–Trinajstić information content (AvgIpc) is 2.99. The van der Waals surface area contributed by atoms with E-state index in [1.54, 1.807) is 0 Å². The van der Waals surface area contributed by atoms with E-state index in [4.69, 9.17) is 0 Å². The van der Waals surface area contributed by atoms with E-state index in [9.17, 15) is 10.5 Å². The molecule has 0 aliphatic carbocycles.